The number of carbonyl (C=O) groups is 1. The van der Waals surface area contributed by atoms with Crippen LogP contribution in [0.5, 0.6) is 0 Å². The molecule has 0 aliphatic carbocycles. The summed E-state index contributed by atoms with van der Waals surface area (Å²) in [6.07, 6.45) is 0.633. The number of para-hydroxylation sites is 1. The third-order valence-corrected chi connectivity index (χ3v) is 5.95. The first kappa shape index (κ1) is 18.5. The molecule has 0 radical (unpaired) electrons. The van der Waals surface area contributed by atoms with Crippen molar-refractivity contribution in [3.63, 3.8) is 0 Å². The van der Waals surface area contributed by atoms with Crippen molar-refractivity contribution in [2.24, 2.45) is 0 Å². The number of nitrogens with zero attached hydrogens (tertiary/aromatic N) is 6. The van der Waals surface area contributed by atoms with Crippen LogP contribution < -0.4 is 5.32 Å². The number of hydrogen-bond acceptors (Lipinski definition) is 8. The molecule has 0 spiro atoms. The summed E-state index contributed by atoms with van der Waals surface area (Å²) in [4.78, 5) is 12.6. The average Bonchev–Trinajstić information content (AvgIpc) is 3.29. The largest absolute Gasteiger partial charge is 0.300 e. The highest BCUT2D eigenvalue weighted by Gasteiger charge is 2.23. The molecule has 1 atom stereocenters. The molecule has 0 bridgehead atoms. The van der Waals surface area contributed by atoms with Crippen molar-refractivity contribution in [1.82, 2.24) is 30.4 Å². The Morgan fingerprint density at radius 3 is 2.65 bits per heavy atom. The van der Waals surface area contributed by atoms with Gasteiger partial charge in [0.2, 0.25) is 16.2 Å². The number of hydrogen-bond donors (Lipinski definition) is 1. The summed E-state index contributed by atoms with van der Waals surface area (Å²) in [6, 6.07) is 9.58. The van der Waals surface area contributed by atoms with Crippen LogP contribution in [0.1, 0.15) is 38.1 Å². The van der Waals surface area contributed by atoms with Gasteiger partial charge in [-0.15, -0.1) is 15.3 Å². The first-order valence-electron chi connectivity index (χ1n) is 8.23. The molecule has 8 nitrogen and oxygen atoms in total. The van der Waals surface area contributed by atoms with E-state index in [9.17, 15) is 4.79 Å². The van der Waals surface area contributed by atoms with Crippen LogP contribution in [0.3, 0.4) is 0 Å². The summed E-state index contributed by atoms with van der Waals surface area (Å²) in [6.45, 7) is 6.04. The summed E-state index contributed by atoms with van der Waals surface area (Å²) in [5.74, 6) is 0.150. The molecule has 1 aromatic carbocycles. The third kappa shape index (κ3) is 4.25. The fourth-order valence-corrected chi connectivity index (χ4v) is 3.80. The predicted molar refractivity (Wildman–Crippen MR) is 102 cm³/mol. The van der Waals surface area contributed by atoms with Crippen molar-refractivity contribution in [3.05, 3.63) is 35.3 Å². The maximum Gasteiger partial charge on any atom is 0.239 e. The monoisotopic (exact) mass is 389 g/mol. The minimum absolute atomic E-state index is 0.133. The number of tetrazole rings is 1. The standard InChI is InChI=1S/C16H19N7OS2/c1-4-12(13(24)17-15-19-18-14(26-15)10(2)3)25-16-20-21-22-23(16)11-8-6-5-7-9-11/h5-10,12H,4H2,1-3H3,(H,17,19,24)/t12-/m0/s1. The Morgan fingerprint density at radius 2 is 2.00 bits per heavy atom. The lowest BCUT2D eigenvalue weighted by Gasteiger charge is -2.12. The van der Waals surface area contributed by atoms with Crippen molar-refractivity contribution in [3.8, 4) is 5.69 Å². The van der Waals surface area contributed by atoms with Crippen LogP contribution in [0.25, 0.3) is 5.69 Å². The number of carbonyl (C=O) groups excluding carboxylic acids is 1. The van der Waals surface area contributed by atoms with Crippen LogP contribution in [0.2, 0.25) is 0 Å². The van der Waals surface area contributed by atoms with E-state index in [0.29, 0.717) is 16.7 Å². The first-order valence-corrected chi connectivity index (χ1v) is 9.92. The number of rotatable bonds is 7. The molecule has 0 fully saturated rings. The van der Waals surface area contributed by atoms with Crippen molar-refractivity contribution >= 4 is 34.1 Å². The lowest BCUT2D eigenvalue weighted by Crippen LogP contribution is -2.25. The molecule has 3 rings (SSSR count). The van der Waals surface area contributed by atoms with Gasteiger partial charge in [0.1, 0.15) is 5.01 Å². The van der Waals surface area contributed by atoms with Crippen molar-refractivity contribution < 1.29 is 4.79 Å². The van der Waals surface area contributed by atoms with E-state index < -0.39 is 0 Å². The van der Waals surface area contributed by atoms with E-state index in [1.807, 2.05) is 51.1 Å². The molecule has 1 amide bonds. The fraction of sp³-hybridized carbons (Fsp3) is 0.375. The maximum atomic E-state index is 12.6. The van der Waals surface area contributed by atoms with E-state index in [-0.39, 0.29) is 17.1 Å². The highest BCUT2D eigenvalue weighted by molar-refractivity contribution is 8.00. The molecule has 0 saturated heterocycles. The van der Waals surface area contributed by atoms with E-state index in [4.69, 9.17) is 0 Å². The molecule has 2 aromatic heterocycles. The van der Waals surface area contributed by atoms with Gasteiger partial charge in [-0.1, -0.05) is 62.1 Å². The van der Waals surface area contributed by atoms with E-state index >= 15 is 0 Å². The minimum atomic E-state index is -0.338. The quantitative estimate of drug-likeness (QED) is 0.620. The summed E-state index contributed by atoms with van der Waals surface area (Å²) in [5, 5.41) is 24.4. The molecule has 136 valence electrons. The Labute approximate surface area is 159 Å². The second kappa shape index (κ2) is 8.37. The van der Waals surface area contributed by atoms with Gasteiger partial charge < -0.3 is 0 Å². The summed E-state index contributed by atoms with van der Waals surface area (Å²) in [5.41, 5.74) is 0.848. The van der Waals surface area contributed by atoms with Gasteiger partial charge in [-0.05, 0) is 29.0 Å². The minimum Gasteiger partial charge on any atom is -0.300 e. The zero-order chi connectivity index (χ0) is 18.5. The van der Waals surface area contributed by atoms with Crippen molar-refractivity contribution in [2.75, 3.05) is 5.32 Å². The Bertz CT molecular complexity index is 862. The highest BCUT2D eigenvalue weighted by Crippen LogP contribution is 2.27. The van der Waals surface area contributed by atoms with Crippen LogP contribution in [0, 0.1) is 0 Å². The van der Waals surface area contributed by atoms with Crippen LogP contribution in [-0.4, -0.2) is 41.6 Å². The molecule has 10 heteroatoms. The summed E-state index contributed by atoms with van der Waals surface area (Å²) in [7, 11) is 0. The highest BCUT2D eigenvalue weighted by atomic mass is 32.2. The van der Waals surface area contributed by atoms with Crippen LogP contribution in [-0.2, 0) is 4.79 Å². The average molecular weight is 390 g/mol. The van der Waals surface area contributed by atoms with Crippen LogP contribution >= 0.6 is 23.1 Å². The first-order chi connectivity index (χ1) is 12.6. The van der Waals surface area contributed by atoms with Crippen LogP contribution in [0.15, 0.2) is 35.5 Å². The lowest BCUT2D eigenvalue weighted by molar-refractivity contribution is -0.115. The molecule has 26 heavy (non-hydrogen) atoms. The van der Waals surface area contributed by atoms with E-state index in [0.717, 1.165) is 10.7 Å². The molecule has 1 N–H and O–H groups in total. The van der Waals surface area contributed by atoms with E-state index in [1.165, 1.54) is 23.1 Å². The van der Waals surface area contributed by atoms with Gasteiger partial charge in [0, 0.05) is 5.92 Å². The Balaban J connectivity index is 1.71. The molecule has 0 unspecified atom stereocenters. The molecule has 0 saturated carbocycles. The number of amides is 1. The Morgan fingerprint density at radius 1 is 1.23 bits per heavy atom. The number of thioether (sulfide) groups is 1. The van der Waals surface area contributed by atoms with Gasteiger partial charge in [0.25, 0.3) is 0 Å². The molecule has 0 aliphatic heterocycles. The smallest absolute Gasteiger partial charge is 0.239 e. The molecule has 0 aliphatic rings. The molecule has 3 aromatic rings. The van der Waals surface area contributed by atoms with Gasteiger partial charge in [-0.2, -0.15) is 4.68 Å². The summed E-state index contributed by atoms with van der Waals surface area (Å²) < 4.78 is 1.63. The fourth-order valence-electron chi connectivity index (χ4n) is 2.14. The van der Waals surface area contributed by atoms with Gasteiger partial charge in [0.15, 0.2) is 0 Å². The zero-order valence-electron chi connectivity index (χ0n) is 14.7. The Hall–Kier alpha value is -2.33. The molecular formula is C16H19N7OS2. The number of nitrogens with one attached hydrogen (secondary N) is 1. The third-order valence-electron chi connectivity index (χ3n) is 3.52. The van der Waals surface area contributed by atoms with Gasteiger partial charge in [0.05, 0.1) is 10.9 Å². The second-order valence-corrected chi connectivity index (χ2v) is 7.99. The zero-order valence-corrected chi connectivity index (χ0v) is 16.3. The van der Waals surface area contributed by atoms with E-state index in [2.05, 4.69) is 31.0 Å². The van der Waals surface area contributed by atoms with Crippen molar-refractivity contribution in [1.29, 1.82) is 0 Å². The number of aromatic nitrogens is 6. The molecular weight excluding hydrogens is 370 g/mol. The number of anilines is 1. The maximum absolute atomic E-state index is 12.6. The van der Waals surface area contributed by atoms with Crippen LogP contribution in [0.4, 0.5) is 5.13 Å². The van der Waals surface area contributed by atoms with Gasteiger partial charge in [-0.25, -0.2) is 0 Å². The van der Waals surface area contributed by atoms with E-state index in [1.54, 1.807) is 4.68 Å². The van der Waals surface area contributed by atoms with Gasteiger partial charge >= 0.3 is 0 Å². The number of benzene rings is 1. The Kier molecular flexibility index (Phi) is 5.94. The second-order valence-electron chi connectivity index (χ2n) is 5.81. The normalized spacial score (nSPS) is 12.3. The van der Waals surface area contributed by atoms with Gasteiger partial charge in [-0.3, -0.25) is 10.1 Å². The lowest BCUT2D eigenvalue weighted by atomic mass is 10.2. The predicted octanol–water partition coefficient (Wildman–Crippen LogP) is 3.15. The topological polar surface area (TPSA) is 98.5 Å². The SMILES string of the molecule is CC[C@H](Sc1nnnn1-c1ccccc1)C(=O)Nc1nnc(C(C)C)s1. The van der Waals surface area contributed by atoms with Crippen molar-refractivity contribution in [2.45, 2.75) is 43.5 Å². The summed E-state index contributed by atoms with van der Waals surface area (Å²) >= 11 is 2.72. The molecule has 2 heterocycles.